The molecule has 60 heavy (non-hydrogen) atoms. The van der Waals surface area contributed by atoms with Gasteiger partial charge in [-0.25, -0.2) is 4.79 Å². The number of esters is 1. The summed E-state index contributed by atoms with van der Waals surface area (Å²) in [5.41, 5.74) is -0.831. The first-order valence-corrected chi connectivity index (χ1v) is 24.0. The standard InChI is InChI=1S/C47H75NO12/c1-26-24-48(31-9-7-6-8-10-31)18-15-40(55-26)59-43-27(2)57-42(23-37(43)50)60-44-28(3)56-41(22-36(44)49)58-32-13-16-45(4)30(20-32)11-12-34-35(45)21-38(51)46(5)33(14-17-47(34,46)53)29-19-39(52)54-25-29/h19,26-28,30-38,40-44,49-51,53H,6-18,20-25H2,1-5H3/t26?,27-,28-,30-,32+,33-,34-,35+,36+,37+,38-,40?,41-,42+,43-,44+,45+,46+,47+/m1/s1. The van der Waals surface area contributed by atoms with Crippen molar-refractivity contribution in [3.63, 3.8) is 0 Å². The lowest BCUT2D eigenvalue weighted by Crippen LogP contribution is -2.67. The molecule has 4 aliphatic heterocycles. The van der Waals surface area contributed by atoms with Gasteiger partial charge in [0, 0.05) is 49.9 Å². The number of aliphatic hydroxyl groups is 4. The van der Waals surface area contributed by atoms with Gasteiger partial charge in [-0.15, -0.1) is 0 Å². The number of rotatable bonds is 8. The fourth-order valence-electron chi connectivity index (χ4n) is 14.6. The average Bonchev–Trinajstić information content (AvgIpc) is 3.69. The summed E-state index contributed by atoms with van der Waals surface area (Å²) < 4.78 is 43.7. The van der Waals surface area contributed by atoms with E-state index in [-0.39, 0.29) is 60.8 Å². The fraction of sp³-hybridized carbons (Fsp3) is 0.936. The molecule has 3 saturated heterocycles. The van der Waals surface area contributed by atoms with E-state index < -0.39 is 72.6 Å². The third kappa shape index (κ3) is 7.98. The van der Waals surface area contributed by atoms with E-state index in [1.54, 1.807) is 6.08 Å². The Hall–Kier alpha value is -1.23. The highest BCUT2D eigenvalue weighted by molar-refractivity contribution is 5.85. The molecule has 0 aromatic carbocycles. The number of nitrogens with zero attached hydrogens (tertiary/aromatic N) is 1. The lowest BCUT2D eigenvalue weighted by molar-refractivity contribution is -0.329. The van der Waals surface area contributed by atoms with Gasteiger partial charge < -0.3 is 53.6 Å². The molecule has 0 aromatic rings. The van der Waals surface area contributed by atoms with Crippen molar-refractivity contribution in [1.82, 2.24) is 4.90 Å². The van der Waals surface area contributed by atoms with Crippen LogP contribution in [0.4, 0.5) is 0 Å². The van der Waals surface area contributed by atoms with Crippen LogP contribution in [0.3, 0.4) is 0 Å². The second kappa shape index (κ2) is 17.3. The molecule has 340 valence electrons. The summed E-state index contributed by atoms with van der Waals surface area (Å²) in [4.78, 5) is 14.6. The summed E-state index contributed by atoms with van der Waals surface area (Å²) in [6.45, 7) is 12.4. The van der Waals surface area contributed by atoms with Crippen LogP contribution in [-0.4, -0.2) is 136 Å². The van der Waals surface area contributed by atoms with Gasteiger partial charge in [0.25, 0.3) is 0 Å². The molecule has 0 aromatic heterocycles. The Bertz CT molecular complexity index is 1540. The Morgan fingerprint density at radius 1 is 0.733 bits per heavy atom. The molecule has 8 fully saturated rings. The van der Waals surface area contributed by atoms with Gasteiger partial charge in [-0.1, -0.05) is 33.1 Å². The van der Waals surface area contributed by atoms with Crippen molar-refractivity contribution in [2.45, 2.75) is 223 Å². The molecule has 4 heterocycles. The van der Waals surface area contributed by atoms with Gasteiger partial charge in [0.2, 0.25) is 0 Å². The highest BCUT2D eigenvalue weighted by Crippen LogP contribution is 2.70. The molecule has 4 N–H and O–H groups in total. The van der Waals surface area contributed by atoms with Crippen molar-refractivity contribution in [2.75, 3.05) is 19.7 Å². The normalized spacial score (nSPS) is 51.8. The van der Waals surface area contributed by atoms with Crippen molar-refractivity contribution in [3.05, 3.63) is 11.6 Å². The quantitative estimate of drug-likeness (QED) is 0.188. The van der Waals surface area contributed by atoms with Gasteiger partial charge >= 0.3 is 5.97 Å². The van der Waals surface area contributed by atoms with E-state index in [1.807, 2.05) is 13.8 Å². The monoisotopic (exact) mass is 846 g/mol. The molecule has 9 rings (SSSR count). The first-order valence-electron chi connectivity index (χ1n) is 24.0. The molecule has 0 radical (unpaired) electrons. The SMILES string of the molecule is CC1CN(C2CCCCC2)CCC(O[C@H]2[C@@H](O)C[C@H](O[C@@H]3[C@@H](O)C[C@@H](O[C@H]4CC[C@@]5(C)[C@H](CC[C@@H]6[C@@H]5C[C@@H](O)[C@]5(C)[C@@H](C7=CC(=O)OC7)CC[C@]65O)C4)O[C@@H]3C)O[C@@H]2C)O1. The van der Waals surface area contributed by atoms with E-state index in [2.05, 4.69) is 25.7 Å². The molecule has 0 spiro atoms. The average molecular weight is 846 g/mol. The Kier molecular flexibility index (Phi) is 12.7. The zero-order valence-electron chi connectivity index (χ0n) is 36.8. The van der Waals surface area contributed by atoms with E-state index in [0.717, 1.165) is 63.6 Å². The van der Waals surface area contributed by atoms with Crippen LogP contribution >= 0.6 is 0 Å². The topological polar surface area (TPSA) is 166 Å². The second-order valence-electron chi connectivity index (χ2n) is 21.2. The van der Waals surface area contributed by atoms with Gasteiger partial charge in [-0.3, -0.25) is 4.90 Å². The van der Waals surface area contributed by atoms with Crippen molar-refractivity contribution >= 4 is 5.97 Å². The summed E-state index contributed by atoms with van der Waals surface area (Å²) in [5.74, 6) is 0.286. The van der Waals surface area contributed by atoms with Crippen LogP contribution < -0.4 is 0 Å². The molecule has 5 aliphatic carbocycles. The lowest BCUT2D eigenvalue weighted by Gasteiger charge is -2.65. The molecule has 19 atom stereocenters. The number of aliphatic hydroxyl groups excluding tert-OH is 3. The van der Waals surface area contributed by atoms with E-state index in [4.69, 9.17) is 33.2 Å². The van der Waals surface area contributed by atoms with E-state index in [0.29, 0.717) is 24.8 Å². The zero-order valence-corrected chi connectivity index (χ0v) is 36.8. The summed E-state index contributed by atoms with van der Waals surface area (Å²) in [7, 11) is 0. The molecule has 0 amide bonds. The fourth-order valence-corrected chi connectivity index (χ4v) is 14.6. The van der Waals surface area contributed by atoms with Crippen LogP contribution in [-0.2, 0) is 38.0 Å². The number of fused-ring (bicyclic) bond motifs is 5. The number of ether oxygens (including phenoxy) is 7. The third-order valence-corrected chi connectivity index (χ3v) is 17.9. The molecular weight excluding hydrogens is 771 g/mol. The summed E-state index contributed by atoms with van der Waals surface area (Å²) >= 11 is 0. The summed E-state index contributed by atoms with van der Waals surface area (Å²) in [6.07, 6.45) is 9.77. The van der Waals surface area contributed by atoms with Crippen molar-refractivity contribution in [3.8, 4) is 0 Å². The van der Waals surface area contributed by atoms with Crippen molar-refractivity contribution < 1.29 is 58.4 Å². The number of carbonyl (C=O) groups is 1. The number of cyclic esters (lactones) is 1. The number of carbonyl (C=O) groups excluding carboxylic acids is 1. The summed E-state index contributed by atoms with van der Waals surface area (Å²) in [5, 5.41) is 47.3. The summed E-state index contributed by atoms with van der Waals surface area (Å²) in [6, 6.07) is 0.622. The van der Waals surface area contributed by atoms with Crippen LogP contribution in [0, 0.1) is 34.5 Å². The molecule has 5 saturated carbocycles. The first-order chi connectivity index (χ1) is 28.7. The van der Waals surface area contributed by atoms with E-state index >= 15 is 0 Å². The van der Waals surface area contributed by atoms with Crippen LogP contribution in [0.25, 0.3) is 0 Å². The van der Waals surface area contributed by atoms with Gasteiger partial charge in [0.15, 0.2) is 18.9 Å². The van der Waals surface area contributed by atoms with Crippen molar-refractivity contribution in [1.29, 1.82) is 0 Å². The van der Waals surface area contributed by atoms with Gasteiger partial charge in [0.1, 0.15) is 18.8 Å². The minimum atomic E-state index is -0.998. The molecule has 13 heteroatoms. The maximum Gasteiger partial charge on any atom is 0.331 e. The minimum absolute atomic E-state index is 0.0172. The number of hydrogen-bond acceptors (Lipinski definition) is 13. The first kappa shape index (κ1) is 44.0. The van der Waals surface area contributed by atoms with E-state index in [9.17, 15) is 25.2 Å². The van der Waals surface area contributed by atoms with Crippen LogP contribution in [0.2, 0.25) is 0 Å². The van der Waals surface area contributed by atoms with Crippen LogP contribution in [0.5, 0.6) is 0 Å². The maximum absolute atomic E-state index is 12.6. The van der Waals surface area contributed by atoms with Gasteiger partial charge in [-0.05, 0) is 120 Å². The van der Waals surface area contributed by atoms with E-state index in [1.165, 1.54) is 32.1 Å². The second-order valence-corrected chi connectivity index (χ2v) is 21.2. The lowest BCUT2D eigenvalue weighted by atomic mass is 9.42. The predicted molar refractivity (Wildman–Crippen MR) is 219 cm³/mol. The van der Waals surface area contributed by atoms with Crippen LogP contribution in [0.15, 0.2) is 11.6 Å². The highest BCUT2D eigenvalue weighted by Gasteiger charge is 2.71. The number of hydrogen-bond donors (Lipinski definition) is 4. The molecular formula is C47H75NO12. The Labute approximate surface area is 357 Å². The Morgan fingerprint density at radius 2 is 1.42 bits per heavy atom. The van der Waals surface area contributed by atoms with Gasteiger partial charge in [0.05, 0.1) is 48.3 Å². The largest absolute Gasteiger partial charge is 0.458 e. The molecule has 2 unspecified atom stereocenters. The Morgan fingerprint density at radius 3 is 2.08 bits per heavy atom. The Balaban J connectivity index is 0.753. The van der Waals surface area contributed by atoms with Crippen LogP contribution in [0.1, 0.15) is 137 Å². The molecule has 13 nitrogen and oxygen atoms in total. The van der Waals surface area contributed by atoms with Gasteiger partial charge in [-0.2, -0.15) is 0 Å². The smallest absolute Gasteiger partial charge is 0.331 e. The zero-order chi connectivity index (χ0) is 42.1. The van der Waals surface area contributed by atoms with Crippen molar-refractivity contribution in [2.24, 2.45) is 34.5 Å². The maximum atomic E-state index is 12.6. The minimum Gasteiger partial charge on any atom is -0.458 e. The highest BCUT2D eigenvalue weighted by atomic mass is 16.7. The molecule has 9 aliphatic rings. The predicted octanol–water partition coefficient (Wildman–Crippen LogP) is 5.13. The third-order valence-electron chi connectivity index (χ3n) is 17.9. The molecule has 0 bridgehead atoms.